The largest absolute Gasteiger partial charge is 0.369 e. The maximum absolute atomic E-state index is 12.3. The third kappa shape index (κ3) is 3.28. The van der Waals surface area contributed by atoms with Crippen molar-refractivity contribution < 1.29 is 4.79 Å². The van der Waals surface area contributed by atoms with Crippen molar-refractivity contribution in [2.45, 2.75) is 6.54 Å². The summed E-state index contributed by atoms with van der Waals surface area (Å²) in [5, 5.41) is 2.94. The second kappa shape index (κ2) is 6.72. The lowest BCUT2D eigenvalue weighted by atomic mass is 10.0. The zero-order valence-electron chi connectivity index (χ0n) is 14.1. The average molecular weight is 342 g/mol. The molecule has 4 N–H and O–H groups in total. The minimum atomic E-state index is -0.0859. The van der Waals surface area contributed by atoms with Crippen LogP contribution in [0.5, 0.6) is 0 Å². The molecule has 0 aliphatic rings. The molecule has 1 heterocycles. The average Bonchev–Trinajstić information content (AvgIpc) is 3.06. The van der Waals surface area contributed by atoms with E-state index in [1.807, 2.05) is 72.8 Å². The van der Waals surface area contributed by atoms with Gasteiger partial charge in [0, 0.05) is 12.1 Å². The van der Waals surface area contributed by atoms with Gasteiger partial charge in [-0.3, -0.25) is 4.79 Å². The number of H-pyrrole nitrogens is 1. The van der Waals surface area contributed by atoms with Crippen molar-refractivity contribution in [2.24, 2.45) is 0 Å². The number of carbonyl (C=O) groups is 1. The molecule has 4 rings (SSSR count). The smallest absolute Gasteiger partial charge is 0.251 e. The molecule has 0 aliphatic heterocycles. The minimum Gasteiger partial charge on any atom is -0.369 e. The van der Waals surface area contributed by atoms with Crippen molar-refractivity contribution in [1.82, 2.24) is 15.3 Å². The third-order valence-electron chi connectivity index (χ3n) is 4.28. The molecule has 128 valence electrons. The Balaban J connectivity index is 1.49. The van der Waals surface area contributed by atoms with Gasteiger partial charge in [0.15, 0.2) is 5.95 Å². The molecule has 26 heavy (non-hydrogen) atoms. The molecule has 5 nitrogen and oxygen atoms in total. The highest BCUT2D eigenvalue weighted by atomic mass is 16.1. The summed E-state index contributed by atoms with van der Waals surface area (Å²) in [7, 11) is 0. The van der Waals surface area contributed by atoms with Crippen molar-refractivity contribution in [3.63, 3.8) is 0 Å². The zero-order chi connectivity index (χ0) is 17.9. The van der Waals surface area contributed by atoms with Gasteiger partial charge in [-0.15, -0.1) is 0 Å². The van der Waals surface area contributed by atoms with Gasteiger partial charge >= 0.3 is 0 Å². The number of amides is 1. The van der Waals surface area contributed by atoms with Crippen molar-refractivity contribution in [3.05, 3.63) is 83.9 Å². The van der Waals surface area contributed by atoms with E-state index in [0.717, 1.165) is 27.7 Å². The summed E-state index contributed by atoms with van der Waals surface area (Å²) in [6.07, 6.45) is 0. The molecule has 0 fully saturated rings. The first-order chi connectivity index (χ1) is 12.7. The van der Waals surface area contributed by atoms with Gasteiger partial charge in [-0.05, 0) is 41.0 Å². The zero-order valence-corrected chi connectivity index (χ0v) is 14.1. The molecule has 0 radical (unpaired) electrons. The van der Waals surface area contributed by atoms with Gasteiger partial charge in [0.2, 0.25) is 0 Å². The fraction of sp³-hybridized carbons (Fsp3) is 0.0476. The Morgan fingerprint density at radius 1 is 0.962 bits per heavy atom. The van der Waals surface area contributed by atoms with Crippen LogP contribution in [0.2, 0.25) is 0 Å². The van der Waals surface area contributed by atoms with Crippen LogP contribution >= 0.6 is 0 Å². The molecule has 0 saturated carbocycles. The number of anilines is 1. The van der Waals surface area contributed by atoms with E-state index in [1.165, 1.54) is 0 Å². The highest BCUT2D eigenvalue weighted by molar-refractivity contribution is 5.94. The third-order valence-corrected chi connectivity index (χ3v) is 4.28. The number of carbonyl (C=O) groups excluding carboxylic acids is 1. The molecule has 4 aromatic rings. The topological polar surface area (TPSA) is 83.8 Å². The molecule has 0 bridgehead atoms. The molecule has 1 aromatic heterocycles. The molecule has 0 atom stereocenters. The van der Waals surface area contributed by atoms with Crippen LogP contribution in [-0.4, -0.2) is 15.9 Å². The van der Waals surface area contributed by atoms with E-state index in [0.29, 0.717) is 18.1 Å². The molecule has 3 aromatic carbocycles. The van der Waals surface area contributed by atoms with Crippen molar-refractivity contribution in [3.8, 4) is 11.1 Å². The summed E-state index contributed by atoms with van der Waals surface area (Å²) in [5.74, 6) is 0.319. The van der Waals surface area contributed by atoms with Crippen LogP contribution in [0.3, 0.4) is 0 Å². The van der Waals surface area contributed by atoms with Crippen LogP contribution < -0.4 is 11.1 Å². The fourth-order valence-corrected chi connectivity index (χ4v) is 2.90. The standard InChI is InChI=1S/C21H18N4O/c22-21-24-18-11-10-17(12-19(18)25-21)15-6-8-16(9-7-15)20(26)23-13-14-4-2-1-3-5-14/h1-12H,13H2,(H,23,26)(H3,22,24,25). The van der Waals surface area contributed by atoms with Crippen LogP contribution in [0, 0.1) is 0 Å². The number of nitrogens with zero attached hydrogens (tertiary/aromatic N) is 1. The molecule has 0 saturated heterocycles. The van der Waals surface area contributed by atoms with E-state index in [2.05, 4.69) is 15.3 Å². The number of aromatic amines is 1. The van der Waals surface area contributed by atoms with E-state index in [-0.39, 0.29) is 5.91 Å². The fourth-order valence-electron chi connectivity index (χ4n) is 2.90. The van der Waals surface area contributed by atoms with Gasteiger partial charge in [0.25, 0.3) is 5.91 Å². The van der Waals surface area contributed by atoms with Gasteiger partial charge in [-0.25, -0.2) is 4.98 Å². The van der Waals surface area contributed by atoms with Crippen molar-refractivity contribution in [1.29, 1.82) is 0 Å². The van der Waals surface area contributed by atoms with Gasteiger partial charge in [-0.1, -0.05) is 48.5 Å². The van der Waals surface area contributed by atoms with Crippen LogP contribution in [0.4, 0.5) is 5.95 Å². The highest BCUT2D eigenvalue weighted by Crippen LogP contribution is 2.24. The molecular formula is C21H18N4O. The monoisotopic (exact) mass is 342 g/mol. The Bertz CT molecular complexity index is 1050. The summed E-state index contributed by atoms with van der Waals surface area (Å²) < 4.78 is 0. The maximum Gasteiger partial charge on any atom is 0.251 e. The van der Waals surface area contributed by atoms with E-state index in [1.54, 1.807) is 0 Å². The predicted octanol–water partition coefficient (Wildman–Crippen LogP) is 3.74. The highest BCUT2D eigenvalue weighted by Gasteiger charge is 2.07. The number of benzene rings is 3. The SMILES string of the molecule is Nc1nc2ccc(-c3ccc(C(=O)NCc4ccccc4)cc3)cc2[nH]1. The quantitative estimate of drug-likeness (QED) is 0.528. The molecule has 0 aliphatic carbocycles. The number of imidazole rings is 1. The van der Waals surface area contributed by atoms with Gasteiger partial charge in [-0.2, -0.15) is 0 Å². The first-order valence-electron chi connectivity index (χ1n) is 8.37. The Hall–Kier alpha value is -3.60. The lowest BCUT2D eigenvalue weighted by Gasteiger charge is -2.07. The molecule has 1 amide bonds. The van der Waals surface area contributed by atoms with E-state index in [9.17, 15) is 4.79 Å². The Morgan fingerprint density at radius 3 is 2.46 bits per heavy atom. The van der Waals surface area contributed by atoms with Crippen molar-refractivity contribution in [2.75, 3.05) is 5.73 Å². The second-order valence-corrected chi connectivity index (χ2v) is 6.10. The normalized spacial score (nSPS) is 10.8. The number of nitrogens with two attached hydrogens (primary N) is 1. The number of aromatic nitrogens is 2. The predicted molar refractivity (Wildman–Crippen MR) is 104 cm³/mol. The van der Waals surface area contributed by atoms with E-state index >= 15 is 0 Å². The molecule has 0 unspecified atom stereocenters. The van der Waals surface area contributed by atoms with Gasteiger partial charge in [0.05, 0.1) is 11.0 Å². The number of hydrogen-bond acceptors (Lipinski definition) is 3. The van der Waals surface area contributed by atoms with Crippen molar-refractivity contribution >= 4 is 22.9 Å². The minimum absolute atomic E-state index is 0.0859. The first-order valence-corrected chi connectivity index (χ1v) is 8.37. The Kier molecular flexibility index (Phi) is 4.11. The van der Waals surface area contributed by atoms with Gasteiger partial charge < -0.3 is 16.0 Å². The maximum atomic E-state index is 12.3. The number of nitrogen functional groups attached to an aromatic ring is 1. The number of fused-ring (bicyclic) bond motifs is 1. The summed E-state index contributed by atoms with van der Waals surface area (Å²) in [6.45, 7) is 0.513. The summed E-state index contributed by atoms with van der Waals surface area (Å²) in [5.41, 5.74) is 11.2. The van der Waals surface area contributed by atoms with Gasteiger partial charge in [0.1, 0.15) is 0 Å². The first kappa shape index (κ1) is 15.9. The summed E-state index contributed by atoms with van der Waals surface area (Å²) >= 11 is 0. The van der Waals surface area contributed by atoms with Crippen LogP contribution in [-0.2, 0) is 6.54 Å². The second-order valence-electron chi connectivity index (χ2n) is 6.10. The lowest BCUT2D eigenvalue weighted by Crippen LogP contribution is -2.22. The number of rotatable bonds is 4. The lowest BCUT2D eigenvalue weighted by molar-refractivity contribution is 0.0951. The van der Waals surface area contributed by atoms with Crippen LogP contribution in [0.15, 0.2) is 72.8 Å². The molecular weight excluding hydrogens is 324 g/mol. The summed E-state index contributed by atoms with van der Waals surface area (Å²) in [4.78, 5) is 19.5. The number of nitrogens with one attached hydrogen (secondary N) is 2. The molecule has 5 heteroatoms. The summed E-state index contributed by atoms with van der Waals surface area (Å²) in [6, 6.07) is 23.3. The van der Waals surface area contributed by atoms with E-state index < -0.39 is 0 Å². The Labute approximate surface area is 150 Å². The number of hydrogen-bond donors (Lipinski definition) is 3. The van der Waals surface area contributed by atoms with Crippen LogP contribution in [0.25, 0.3) is 22.2 Å². The van der Waals surface area contributed by atoms with E-state index in [4.69, 9.17) is 5.73 Å². The molecule has 0 spiro atoms. The Morgan fingerprint density at radius 2 is 1.69 bits per heavy atom. The van der Waals surface area contributed by atoms with Crippen LogP contribution in [0.1, 0.15) is 15.9 Å².